The van der Waals surface area contributed by atoms with E-state index in [0.717, 1.165) is 15.6 Å². The number of hydrogen-bond donors (Lipinski definition) is 1. The summed E-state index contributed by atoms with van der Waals surface area (Å²) in [6.07, 6.45) is -0.472. The molecular weight excluding hydrogens is 239 g/mol. The number of benzene rings is 1. The molecule has 0 saturated carbocycles. The molecule has 0 spiro atoms. The van der Waals surface area contributed by atoms with Gasteiger partial charge in [-0.2, -0.15) is 0 Å². The lowest BCUT2D eigenvalue weighted by Gasteiger charge is -2.10. The van der Waals surface area contributed by atoms with Crippen LogP contribution in [-0.4, -0.2) is 5.11 Å². The second kappa shape index (κ2) is 3.77. The topological polar surface area (TPSA) is 20.2 Å². The molecule has 0 heterocycles. The van der Waals surface area contributed by atoms with Crippen molar-refractivity contribution in [2.45, 2.75) is 20.0 Å². The quantitative estimate of drug-likeness (QED) is 0.808. The maximum atomic E-state index is 9.37. The van der Waals surface area contributed by atoms with Crippen LogP contribution in [0.25, 0.3) is 0 Å². The first-order chi connectivity index (χ1) is 5.52. The van der Waals surface area contributed by atoms with Gasteiger partial charge in [0.2, 0.25) is 0 Å². The Balaban J connectivity index is 3.28. The molecule has 0 saturated heterocycles. The van der Waals surface area contributed by atoms with Gasteiger partial charge in [0.15, 0.2) is 0 Å². The Kier molecular flexibility index (Phi) is 3.16. The third kappa shape index (κ3) is 2.00. The van der Waals surface area contributed by atoms with Crippen LogP contribution in [0.5, 0.6) is 0 Å². The fourth-order valence-corrected chi connectivity index (χ4v) is 1.93. The van der Waals surface area contributed by atoms with Gasteiger partial charge in [0.1, 0.15) is 0 Å². The highest BCUT2D eigenvalue weighted by atomic mass is 79.9. The van der Waals surface area contributed by atoms with E-state index in [1.165, 1.54) is 0 Å². The number of rotatable bonds is 1. The molecule has 1 atom stereocenters. The van der Waals surface area contributed by atoms with Gasteiger partial charge in [-0.3, -0.25) is 0 Å². The molecule has 0 bridgehead atoms. The van der Waals surface area contributed by atoms with Crippen LogP contribution in [0.2, 0.25) is 5.02 Å². The fraction of sp³-hybridized carbons (Fsp3) is 0.333. The zero-order valence-corrected chi connectivity index (χ0v) is 9.28. The average molecular weight is 250 g/mol. The van der Waals surface area contributed by atoms with Crippen LogP contribution in [0.4, 0.5) is 0 Å². The highest BCUT2D eigenvalue weighted by Gasteiger charge is 2.08. The number of hydrogen-bond acceptors (Lipinski definition) is 1. The number of aliphatic hydroxyl groups is 1. The fourth-order valence-electron chi connectivity index (χ4n) is 1.10. The Bertz CT molecular complexity index is 297. The van der Waals surface area contributed by atoms with E-state index in [1.54, 1.807) is 6.92 Å². The second-order valence-corrected chi connectivity index (χ2v) is 4.10. The summed E-state index contributed by atoms with van der Waals surface area (Å²) in [4.78, 5) is 0. The maximum Gasteiger partial charge on any atom is 0.0765 e. The zero-order chi connectivity index (χ0) is 9.30. The van der Waals surface area contributed by atoms with Gasteiger partial charge < -0.3 is 5.11 Å². The molecule has 0 aliphatic heterocycles. The average Bonchev–Trinajstić information content (AvgIpc) is 1.96. The van der Waals surface area contributed by atoms with E-state index >= 15 is 0 Å². The second-order valence-electron chi connectivity index (χ2n) is 2.78. The van der Waals surface area contributed by atoms with Crippen molar-refractivity contribution in [2.75, 3.05) is 0 Å². The van der Waals surface area contributed by atoms with Crippen molar-refractivity contribution in [3.63, 3.8) is 0 Å². The minimum Gasteiger partial charge on any atom is -0.389 e. The van der Waals surface area contributed by atoms with Crippen LogP contribution < -0.4 is 0 Å². The minimum atomic E-state index is -0.472. The maximum absolute atomic E-state index is 9.37. The van der Waals surface area contributed by atoms with E-state index < -0.39 is 6.10 Å². The molecule has 0 amide bonds. The van der Waals surface area contributed by atoms with Crippen LogP contribution >= 0.6 is 27.5 Å². The van der Waals surface area contributed by atoms with E-state index in [-0.39, 0.29) is 0 Å². The van der Waals surface area contributed by atoms with Crippen molar-refractivity contribution in [3.05, 3.63) is 32.8 Å². The van der Waals surface area contributed by atoms with Gasteiger partial charge in [0, 0.05) is 9.50 Å². The largest absolute Gasteiger partial charge is 0.389 e. The Labute approximate surface area is 85.5 Å². The van der Waals surface area contributed by atoms with E-state index in [4.69, 9.17) is 11.6 Å². The summed E-state index contributed by atoms with van der Waals surface area (Å²) < 4.78 is 0.897. The summed E-state index contributed by atoms with van der Waals surface area (Å²) in [6.45, 7) is 3.63. The standard InChI is InChI=1S/C9H10BrClO/c1-5-8(6(2)12)3-7(10)4-9(5)11/h3-4,6,12H,1-2H3. The summed E-state index contributed by atoms with van der Waals surface area (Å²) in [5.74, 6) is 0. The van der Waals surface area contributed by atoms with Gasteiger partial charge in [-0.05, 0) is 37.1 Å². The summed E-state index contributed by atoms with van der Waals surface area (Å²) in [6, 6.07) is 3.70. The van der Waals surface area contributed by atoms with Gasteiger partial charge >= 0.3 is 0 Å². The van der Waals surface area contributed by atoms with Crippen molar-refractivity contribution < 1.29 is 5.11 Å². The van der Waals surface area contributed by atoms with Gasteiger partial charge in [0.05, 0.1) is 6.10 Å². The molecule has 12 heavy (non-hydrogen) atoms. The Morgan fingerprint density at radius 2 is 2.08 bits per heavy atom. The van der Waals surface area contributed by atoms with Gasteiger partial charge in [-0.1, -0.05) is 27.5 Å². The van der Waals surface area contributed by atoms with E-state index in [1.807, 2.05) is 19.1 Å². The lowest BCUT2D eigenvalue weighted by atomic mass is 10.1. The van der Waals surface area contributed by atoms with Crippen molar-refractivity contribution in [1.82, 2.24) is 0 Å². The smallest absolute Gasteiger partial charge is 0.0765 e. The normalized spacial score (nSPS) is 13.1. The third-order valence-corrected chi connectivity index (χ3v) is 2.65. The SMILES string of the molecule is Cc1c(Cl)cc(Br)cc1C(C)O. The Hall–Kier alpha value is -0.0500. The monoisotopic (exact) mass is 248 g/mol. The van der Waals surface area contributed by atoms with Crippen LogP contribution in [0.3, 0.4) is 0 Å². The van der Waals surface area contributed by atoms with Gasteiger partial charge in [-0.15, -0.1) is 0 Å². The van der Waals surface area contributed by atoms with Crippen molar-refractivity contribution in [3.8, 4) is 0 Å². The Morgan fingerprint density at radius 3 is 2.58 bits per heavy atom. The lowest BCUT2D eigenvalue weighted by molar-refractivity contribution is 0.198. The number of halogens is 2. The molecular formula is C9H10BrClO. The minimum absolute atomic E-state index is 0.472. The summed E-state index contributed by atoms with van der Waals surface area (Å²) in [5.41, 5.74) is 1.81. The molecule has 0 aliphatic carbocycles. The van der Waals surface area contributed by atoms with E-state index in [0.29, 0.717) is 5.02 Å². The third-order valence-electron chi connectivity index (χ3n) is 1.80. The van der Waals surface area contributed by atoms with Gasteiger partial charge in [0.25, 0.3) is 0 Å². The zero-order valence-electron chi connectivity index (χ0n) is 6.94. The predicted molar refractivity (Wildman–Crippen MR) is 54.5 cm³/mol. The first-order valence-electron chi connectivity index (χ1n) is 3.66. The molecule has 1 aromatic carbocycles. The summed E-state index contributed by atoms with van der Waals surface area (Å²) >= 11 is 9.24. The molecule has 0 aliphatic rings. The predicted octanol–water partition coefficient (Wildman–Crippen LogP) is 3.46. The molecule has 1 aromatic rings. The van der Waals surface area contributed by atoms with Crippen LogP contribution in [0.15, 0.2) is 16.6 Å². The lowest BCUT2D eigenvalue weighted by Crippen LogP contribution is -1.95. The van der Waals surface area contributed by atoms with E-state index in [9.17, 15) is 5.11 Å². The summed E-state index contributed by atoms with van der Waals surface area (Å²) in [7, 11) is 0. The highest BCUT2D eigenvalue weighted by Crippen LogP contribution is 2.28. The molecule has 3 heteroatoms. The molecule has 0 radical (unpaired) electrons. The molecule has 66 valence electrons. The van der Waals surface area contributed by atoms with Crippen molar-refractivity contribution in [1.29, 1.82) is 0 Å². The highest BCUT2D eigenvalue weighted by molar-refractivity contribution is 9.10. The molecule has 0 fully saturated rings. The number of aliphatic hydroxyl groups excluding tert-OH is 1. The first-order valence-corrected chi connectivity index (χ1v) is 4.83. The molecule has 1 rings (SSSR count). The van der Waals surface area contributed by atoms with Crippen LogP contribution in [0.1, 0.15) is 24.2 Å². The van der Waals surface area contributed by atoms with Crippen molar-refractivity contribution in [2.24, 2.45) is 0 Å². The molecule has 1 nitrogen and oxygen atoms in total. The van der Waals surface area contributed by atoms with Crippen LogP contribution in [0, 0.1) is 6.92 Å². The van der Waals surface area contributed by atoms with E-state index in [2.05, 4.69) is 15.9 Å². The first kappa shape index (κ1) is 10.0. The summed E-state index contributed by atoms with van der Waals surface area (Å²) in [5, 5.41) is 10.1. The molecule has 1 N–H and O–H groups in total. The van der Waals surface area contributed by atoms with Crippen molar-refractivity contribution >= 4 is 27.5 Å². The molecule has 1 unspecified atom stereocenters. The van der Waals surface area contributed by atoms with Gasteiger partial charge in [-0.25, -0.2) is 0 Å². The molecule has 0 aromatic heterocycles. The van der Waals surface area contributed by atoms with Crippen LogP contribution in [-0.2, 0) is 0 Å². The Morgan fingerprint density at radius 1 is 1.50 bits per heavy atom.